The Morgan fingerprint density at radius 3 is 2.81 bits per heavy atom. The maximum Gasteiger partial charge on any atom is 0.191 e. The number of benzene rings is 1. The summed E-state index contributed by atoms with van der Waals surface area (Å²) >= 11 is 0. The van der Waals surface area contributed by atoms with Crippen molar-refractivity contribution in [3.63, 3.8) is 0 Å². The molecule has 2 fully saturated rings. The molecule has 2 aliphatic rings. The first-order valence-electron chi connectivity index (χ1n) is 9.34. The molecule has 27 heavy (non-hydrogen) atoms. The van der Waals surface area contributed by atoms with Crippen LogP contribution in [0.5, 0.6) is 11.5 Å². The number of nitrogens with one attached hydrogen (secondary N) is 2. The van der Waals surface area contributed by atoms with Crippen molar-refractivity contribution in [1.29, 1.82) is 0 Å². The molecule has 0 aromatic heterocycles. The van der Waals surface area contributed by atoms with Gasteiger partial charge in [-0.15, -0.1) is 24.0 Å². The fourth-order valence-electron chi connectivity index (χ4n) is 3.54. The van der Waals surface area contributed by atoms with Crippen molar-refractivity contribution in [3.05, 3.63) is 23.8 Å². The van der Waals surface area contributed by atoms with Crippen LogP contribution in [0.15, 0.2) is 23.2 Å². The van der Waals surface area contributed by atoms with Gasteiger partial charge in [-0.2, -0.15) is 0 Å². The average molecular weight is 491 g/mol. The summed E-state index contributed by atoms with van der Waals surface area (Å²) in [5.41, 5.74) is 1.03. The molecule has 1 aromatic rings. The van der Waals surface area contributed by atoms with Gasteiger partial charge >= 0.3 is 0 Å². The third kappa shape index (κ3) is 5.86. The van der Waals surface area contributed by atoms with Gasteiger partial charge in [0.1, 0.15) is 6.61 Å². The molecule has 152 valence electrons. The summed E-state index contributed by atoms with van der Waals surface area (Å²) in [7, 11) is 1.61. The summed E-state index contributed by atoms with van der Waals surface area (Å²) in [4.78, 5) is 4.70. The van der Waals surface area contributed by atoms with Gasteiger partial charge in [0, 0.05) is 6.54 Å². The number of ether oxygens (including phenoxy) is 3. The first-order chi connectivity index (χ1) is 12.7. The molecule has 0 amide bonds. The highest BCUT2D eigenvalue weighted by Crippen LogP contribution is 2.34. The summed E-state index contributed by atoms with van der Waals surface area (Å²) in [6.45, 7) is 3.62. The molecule has 0 radical (unpaired) electrons. The minimum absolute atomic E-state index is 0. The Kier molecular flexibility index (Phi) is 8.91. The smallest absolute Gasteiger partial charge is 0.191 e. The molecule has 3 atom stereocenters. The van der Waals surface area contributed by atoms with Crippen molar-refractivity contribution >= 4 is 29.9 Å². The van der Waals surface area contributed by atoms with E-state index in [9.17, 15) is 0 Å². The van der Waals surface area contributed by atoms with Crippen LogP contribution in [0.2, 0.25) is 0 Å². The first-order valence-corrected chi connectivity index (χ1v) is 9.34. The monoisotopic (exact) mass is 491 g/mol. The summed E-state index contributed by atoms with van der Waals surface area (Å²) in [5, 5.41) is 15.7. The van der Waals surface area contributed by atoms with E-state index in [2.05, 4.69) is 17.6 Å². The van der Waals surface area contributed by atoms with Gasteiger partial charge in [-0.1, -0.05) is 6.07 Å². The first kappa shape index (κ1) is 22.0. The van der Waals surface area contributed by atoms with E-state index in [0.29, 0.717) is 36.3 Å². The van der Waals surface area contributed by atoms with E-state index in [0.717, 1.165) is 30.9 Å². The van der Waals surface area contributed by atoms with Crippen LogP contribution in [0, 0.1) is 0 Å². The van der Waals surface area contributed by atoms with E-state index in [1.807, 2.05) is 18.2 Å². The number of fused-ring (bicyclic) bond motifs is 2. The van der Waals surface area contributed by atoms with E-state index in [1.54, 1.807) is 7.11 Å². The molecule has 2 heterocycles. The third-order valence-corrected chi connectivity index (χ3v) is 4.77. The van der Waals surface area contributed by atoms with E-state index in [-0.39, 0.29) is 37.2 Å². The Morgan fingerprint density at radius 2 is 2.19 bits per heavy atom. The maximum atomic E-state index is 8.89. The number of methoxy groups -OCH3 is 1. The zero-order chi connectivity index (χ0) is 18.4. The van der Waals surface area contributed by atoms with Crippen LogP contribution >= 0.6 is 24.0 Å². The Morgan fingerprint density at radius 1 is 1.33 bits per heavy atom. The van der Waals surface area contributed by atoms with Crippen molar-refractivity contribution in [2.45, 2.75) is 51.0 Å². The van der Waals surface area contributed by atoms with Gasteiger partial charge < -0.3 is 30.0 Å². The van der Waals surface area contributed by atoms with Gasteiger partial charge in [-0.3, -0.25) is 0 Å². The molecule has 8 heteroatoms. The summed E-state index contributed by atoms with van der Waals surface area (Å²) in [5.74, 6) is 2.08. The molecule has 7 nitrogen and oxygen atoms in total. The topological polar surface area (TPSA) is 84.3 Å². The molecule has 3 unspecified atom stereocenters. The number of hydrogen-bond acceptors (Lipinski definition) is 5. The molecule has 1 aromatic carbocycles. The van der Waals surface area contributed by atoms with E-state index in [1.165, 1.54) is 6.42 Å². The molecule has 2 saturated heterocycles. The van der Waals surface area contributed by atoms with Crippen molar-refractivity contribution in [1.82, 2.24) is 10.6 Å². The average Bonchev–Trinajstić information content (AvgIpc) is 3.28. The van der Waals surface area contributed by atoms with Crippen LogP contribution in [0.4, 0.5) is 0 Å². The minimum atomic E-state index is -0.0281. The van der Waals surface area contributed by atoms with Gasteiger partial charge in [0.2, 0.25) is 0 Å². The molecule has 3 rings (SSSR count). The SMILES string of the molecule is CCNC(=NCc1ccc(OCCO)c(OC)c1)NC1CC2CCC1O2.I. The molecular weight excluding hydrogens is 461 g/mol. The normalized spacial score (nSPS) is 23.7. The highest BCUT2D eigenvalue weighted by molar-refractivity contribution is 14.0. The lowest BCUT2D eigenvalue weighted by Crippen LogP contribution is -2.47. The number of halogens is 1. The fourth-order valence-corrected chi connectivity index (χ4v) is 3.54. The number of aliphatic hydroxyl groups is 1. The third-order valence-electron chi connectivity index (χ3n) is 4.77. The zero-order valence-corrected chi connectivity index (χ0v) is 18.3. The number of aliphatic hydroxyl groups excluding tert-OH is 1. The van der Waals surface area contributed by atoms with E-state index < -0.39 is 0 Å². The number of aliphatic imine (C=N–C) groups is 1. The molecule has 3 N–H and O–H groups in total. The van der Waals surface area contributed by atoms with Crippen LogP contribution in [-0.4, -0.2) is 56.2 Å². The lowest BCUT2D eigenvalue weighted by Gasteiger charge is -2.22. The minimum Gasteiger partial charge on any atom is -0.493 e. The van der Waals surface area contributed by atoms with Gasteiger partial charge in [0.05, 0.1) is 38.5 Å². The second-order valence-electron chi connectivity index (χ2n) is 6.61. The lowest BCUT2D eigenvalue weighted by molar-refractivity contribution is 0.0992. The summed E-state index contributed by atoms with van der Waals surface area (Å²) < 4.78 is 16.7. The Bertz CT molecular complexity index is 629. The van der Waals surface area contributed by atoms with E-state index in [4.69, 9.17) is 24.3 Å². The Hall–Kier alpha value is -1.26. The lowest BCUT2D eigenvalue weighted by atomic mass is 9.96. The summed E-state index contributed by atoms with van der Waals surface area (Å²) in [6.07, 6.45) is 4.10. The van der Waals surface area contributed by atoms with Gasteiger partial charge in [-0.25, -0.2) is 4.99 Å². The molecule has 0 spiro atoms. The highest BCUT2D eigenvalue weighted by Gasteiger charge is 2.41. The van der Waals surface area contributed by atoms with Crippen molar-refractivity contribution in [2.24, 2.45) is 4.99 Å². The van der Waals surface area contributed by atoms with Crippen molar-refractivity contribution in [2.75, 3.05) is 26.9 Å². The van der Waals surface area contributed by atoms with E-state index >= 15 is 0 Å². The predicted molar refractivity (Wildman–Crippen MR) is 115 cm³/mol. The molecule has 2 bridgehead atoms. The largest absolute Gasteiger partial charge is 0.493 e. The predicted octanol–water partition coefficient (Wildman–Crippen LogP) is 2.06. The second kappa shape index (κ2) is 10.9. The van der Waals surface area contributed by atoms with Gasteiger partial charge in [0.15, 0.2) is 17.5 Å². The fraction of sp³-hybridized carbons (Fsp3) is 0.632. The van der Waals surface area contributed by atoms with Crippen LogP contribution < -0.4 is 20.1 Å². The second-order valence-corrected chi connectivity index (χ2v) is 6.61. The van der Waals surface area contributed by atoms with Crippen molar-refractivity contribution < 1.29 is 19.3 Å². The number of nitrogens with zero attached hydrogens (tertiary/aromatic N) is 1. The number of rotatable bonds is 8. The maximum absolute atomic E-state index is 8.89. The molecule has 0 aliphatic carbocycles. The Labute approximate surface area is 177 Å². The molecule has 2 aliphatic heterocycles. The quantitative estimate of drug-likeness (QED) is 0.294. The highest BCUT2D eigenvalue weighted by atomic mass is 127. The summed E-state index contributed by atoms with van der Waals surface area (Å²) in [6, 6.07) is 6.07. The molecule has 0 saturated carbocycles. The number of hydrogen-bond donors (Lipinski definition) is 3. The molecular formula is C19H30IN3O4. The van der Waals surface area contributed by atoms with Gasteiger partial charge in [0.25, 0.3) is 0 Å². The zero-order valence-electron chi connectivity index (χ0n) is 15.9. The van der Waals surface area contributed by atoms with Crippen molar-refractivity contribution in [3.8, 4) is 11.5 Å². The van der Waals surface area contributed by atoms with Crippen LogP contribution in [0.1, 0.15) is 31.7 Å². The van der Waals surface area contributed by atoms with Crippen LogP contribution in [0.25, 0.3) is 0 Å². The number of guanidine groups is 1. The van der Waals surface area contributed by atoms with Gasteiger partial charge in [-0.05, 0) is 43.9 Å². The Balaban J connectivity index is 0.00000261. The van der Waals surface area contributed by atoms with Crippen LogP contribution in [-0.2, 0) is 11.3 Å². The standard InChI is InChI=1S/C19H29N3O4.HI/c1-3-20-19(22-15-11-14-5-7-16(15)26-14)21-12-13-4-6-17(25-9-8-23)18(10-13)24-2;/h4,6,10,14-16,23H,3,5,7-9,11-12H2,1-2H3,(H2,20,21,22);1H. The van der Waals surface area contributed by atoms with Crippen LogP contribution in [0.3, 0.4) is 0 Å².